The van der Waals surface area contributed by atoms with Crippen molar-refractivity contribution in [1.82, 2.24) is 19.9 Å². The van der Waals surface area contributed by atoms with Gasteiger partial charge in [-0.2, -0.15) is 0 Å². The number of hydrogen-bond donors (Lipinski definition) is 2. The molecule has 0 aromatic carbocycles. The number of anilines is 2. The Labute approximate surface area is 152 Å². The molecule has 0 unspecified atom stereocenters. The van der Waals surface area contributed by atoms with Crippen LogP contribution in [0.25, 0.3) is 11.4 Å². The molecule has 3 rings (SSSR count). The summed E-state index contributed by atoms with van der Waals surface area (Å²) in [7, 11) is 0. The zero-order valence-corrected chi connectivity index (χ0v) is 14.7. The van der Waals surface area contributed by atoms with E-state index < -0.39 is 0 Å². The highest BCUT2D eigenvalue weighted by Crippen LogP contribution is 2.16. The van der Waals surface area contributed by atoms with Crippen LogP contribution in [-0.2, 0) is 4.79 Å². The van der Waals surface area contributed by atoms with Gasteiger partial charge in [0.25, 0.3) is 0 Å². The molecule has 0 atom stereocenters. The van der Waals surface area contributed by atoms with E-state index in [9.17, 15) is 4.79 Å². The Hall–Kier alpha value is -3.35. The predicted molar refractivity (Wildman–Crippen MR) is 101 cm³/mol. The molecule has 0 fully saturated rings. The third-order valence-corrected chi connectivity index (χ3v) is 3.59. The van der Waals surface area contributed by atoms with Crippen molar-refractivity contribution in [1.29, 1.82) is 0 Å². The van der Waals surface area contributed by atoms with Gasteiger partial charge in [-0.3, -0.25) is 9.78 Å². The van der Waals surface area contributed by atoms with E-state index in [1.54, 1.807) is 18.5 Å². The van der Waals surface area contributed by atoms with Gasteiger partial charge in [-0.15, -0.1) is 0 Å². The van der Waals surface area contributed by atoms with Crippen LogP contribution >= 0.6 is 0 Å². The summed E-state index contributed by atoms with van der Waals surface area (Å²) < 4.78 is 0. The number of rotatable bonds is 6. The molecule has 0 spiro atoms. The van der Waals surface area contributed by atoms with E-state index in [1.165, 1.54) is 0 Å². The van der Waals surface area contributed by atoms with Crippen LogP contribution in [0.3, 0.4) is 0 Å². The summed E-state index contributed by atoms with van der Waals surface area (Å²) in [5.74, 6) is 1.74. The minimum atomic E-state index is -0.103. The van der Waals surface area contributed by atoms with Crippen molar-refractivity contribution in [2.75, 3.05) is 17.2 Å². The Bertz CT molecular complexity index is 898. The van der Waals surface area contributed by atoms with Crippen LogP contribution in [0.15, 0.2) is 48.8 Å². The molecule has 7 heteroatoms. The molecule has 3 aromatic rings. The van der Waals surface area contributed by atoms with Gasteiger partial charge in [0.05, 0.1) is 0 Å². The Morgan fingerprint density at radius 2 is 1.88 bits per heavy atom. The molecular formula is C19H20N6O. The van der Waals surface area contributed by atoms with Gasteiger partial charge < -0.3 is 10.6 Å². The third kappa shape index (κ3) is 4.83. The zero-order valence-electron chi connectivity index (χ0n) is 14.7. The molecule has 0 aliphatic carbocycles. The minimum Gasteiger partial charge on any atom is -0.369 e. The molecule has 3 heterocycles. The molecule has 2 N–H and O–H groups in total. The van der Waals surface area contributed by atoms with Crippen LogP contribution in [0.5, 0.6) is 0 Å². The Kier molecular flexibility index (Phi) is 5.48. The first-order valence-corrected chi connectivity index (χ1v) is 8.33. The highest BCUT2D eigenvalue weighted by atomic mass is 16.1. The molecule has 0 saturated carbocycles. The van der Waals surface area contributed by atoms with Crippen LogP contribution in [0.2, 0.25) is 0 Å². The fourth-order valence-corrected chi connectivity index (χ4v) is 2.41. The van der Waals surface area contributed by atoms with E-state index >= 15 is 0 Å². The van der Waals surface area contributed by atoms with Crippen LogP contribution in [0.4, 0.5) is 11.6 Å². The number of nitrogens with one attached hydrogen (secondary N) is 2. The van der Waals surface area contributed by atoms with E-state index in [2.05, 4.69) is 30.6 Å². The molecule has 1 amide bonds. The van der Waals surface area contributed by atoms with Gasteiger partial charge in [0.2, 0.25) is 5.91 Å². The lowest BCUT2D eigenvalue weighted by molar-refractivity contribution is -0.116. The summed E-state index contributed by atoms with van der Waals surface area (Å²) in [6.45, 7) is 4.25. The van der Waals surface area contributed by atoms with Gasteiger partial charge in [-0.1, -0.05) is 6.07 Å². The second-order valence-electron chi connectivity index (χ2n) is 5.85. The fourth-order valence-electron chi connectivity index (χ4n) is 2.41. The maximum Gasteiger partial charge on any atom is 0.227 e. The highest BCUT2D eigenvalue weighted by molar-refractivity contribution is 5.90. The first-order valence-electron chi connectivity index (χ1n) is 8.33. The van der Waals surface area contributed by atoms with Gasteiger partial charge >= 0.3 is 0 Å². The molecular weight excluding hydrogens is 328 g/mol. The topological polar surface area (TPSA) is 92.7 Å². The first-order chi connectivity index (χ1) is 12.6. The van der Waals surface area contributed by atoms with Crippen molar-refractivity contribution < 1.29 is 4.79 Å². The minimum absolute atomic E-state index is 0.103. The maximum absolute atomic E-state index is 12.0. The maximum atomic E-state index is 12.0. The summed E-state index contributed by atoms with van der Waals surface area (Å²) in [5.41, 5.74) is 2.55. The number of pyridine rings is 2. The van der Waals surface area contributed by atoms with E-state index in [1.807, 2.05) is 44.2 Å². The molecule has 0 saturated heterocycles. The molecule has 0 aliphatic heterocycles. The van der Waals surface area contributed by atoms with Gasteiger partial charge in [0.15, 0.2) is 5.82 Å². The van der Waals surface area contributed by atoms with Crippen molar-refractivity contribution in [3.63, 3.8) is 0 Å². The summed E-state index contributed by atoms with van der Waals surface area (Å²) in [6, 6.07) is 11.1. The first kappa shape index (κ1) is 17.5. The van der Waals surface area contributed by atoms with Crippen LogP contribution in [0.1, 0.15) is 17.8 Å². The van der Waals surface area contributed by atoms with Crippen molar-refractivity contribution in [3.8, 4) is 11.4 Å². The summed E-state index contributed by atoms with van der Waals surface area (Å²) in [4.78, 5) is 29.3. The predicted octanol–water partition coefficient (Wildman–Crippen LogP) is 2.99. The number of aryl methyl sites for hydroxylation is 2. The summed E-state index contributed by atoms with van der Waals surface area (Å²) in [5, 5.41) is 5.96. The quantitative estimate of drug-likeness (QED) is 0.711. The summed E-state index contributed by atoms with van der Waals surface area (Å²) >= 11 is 0. The molecule has 7 nitrogen and oxygen atoms in total. The normalized spacial score (nSPS) is 10.4. The number of carbonyl (C=O) groups excluding carboxylic acids is 1. The lowest BCUT2D eigenvalue weighted by Gasteiger charge is -2.09. The number of aromatic nitrogens is 4. The average Bonchev–Trinajstić information content (AvgIpc) is 2.62. The van der Waals surface area contributed by atoms with Gasteiger partial charge in [-0.25, -0.2) is 15.0 Å². The second-order valence-corrected chi connectivity index (χ2v) is 5.85. The SMILES string of the molecule is Cc1cccc(NC(=O)CCNc2cc(C)nc(-c3cccnc3)n2)n1. The largest absolute Gasteiger partial charge is 0.369 e. The molecule has 3 aromatic heterocycles. The van der Waals surface area contributed by atoms with Crippen molar-refractivity contribution in [2.24, 2.45) is 0 Å². The standard InChI is InChI=1S/C19H20N6O/c1-13-5-3-7-16(22-13)24-18(26)8-10-21-17-11-14(2)23-19(25-17)15-6-4-9-20-12-15/h3-7,9,11-12H,8,10H2,1-2H3,(H,21,23,25)(H,22,24,26). The van der Waals surface area contributed by atoms with Crippen LogP contribution in [-0.4, -0.2) is 32.4 Å². The van der Waals surface area contributed by atoms with Gasteiger partial charge in [0, 0.05) is 48.4 Å². The number of carbonyl (C=O) groups is 1. The lowest BCUT2D eigenvalue weighted by Crippen LogP contribution is -2.17. The Balaban J connectivity index is 1.58. The van der Waals surface area contributed by atoms with E-state index in [0.29, 0.717) is 30.4 Å². The summed E-state index contributed by atoms with van der Waals surface area (Å²) in [6.07, 6.45) is 3.74. The van der Waals surface area contributed by atoms with Gasteiger partial charge in [-0.05, 0) is 38.1 Å². The van der Waals surface area contributed by atoms with Crippen molar-refractivity contribution in [3.05, 3.63) is 60.2 Å². The van der Waals surface area contributed by atoms with Crippen LogP contribution < -0.4 is 10.6 Å². The lowest BCUT2D eigenvalue weighted by atomic mass is 10.2. The van der Waals surface area contributed by atoms with Gasteiger partial charge in [0.1, 0.15) is 11.6 Å². The van der Waals surface area contributed by atoms with E-state index in [0.717, 1.165) is 17.0 Å². The van der Waals surface area contributed by atoms with E-state index in [4.69, 9.17) is 0 Å². The van der Waals surface area contributed by atoms with Crippen molar-refractivity contribution >= 4 is 17.5 Å². The third-order valence-electron chi connectivity index (χ3n) is 3.59. The van der Waals surface area contributed by atoms with E-state index in [-0.39, 0.29) is 5.91 Å². The number of nitrogens with zero attached hydrogens (tertiary/aromatic N) is 4. The smallest absolute Gasteiger partial charge is 0.227 e. The fraction of sp³-hybridized carbons (Fsp3) is 0.211. The average molecular weight is 348 g/mol. The molecule has 26 heavy (non-hydrogen) atoms. The number of amides is 1. The molecule has 0 aliphatic rings. The second kappa shape index (κ2) is 8.15. The van der Waals surface area contributed by atoms with Crippen LogP contribution in [0, 0.1) is 13.8 Å². The zero-order chi connectivity index (χ0) is 18.4. The Morgan fingerprint density at radius 1 is 1.00 bits per heavy atom. The monoisotopic (exact) mass is 348 g/mol. The molecule has 0 radical (unpaired) electrons. The number of hydrogen-bond acceptors (Lipinski definition) is 6. The molecule has 0 bridgehead atoms. The van der Waals surface area contributed by atoms with Crippen molar-refractivity contribution in [2.45, 2.75) is 20.3 Å². The molecule has 132 valence electrons. The highest BCUT2D eigenvalue weighted by Gasteiger charge is 2.07. The Morgan fingerprint density at radius 3 is 2.65 bits per heavy atom.